The number of nitrogens with zero attached hydrogens (tertiary/aromatic N) is 1. The van der Waals surface area contributed by atoms with Crippen molar-refractivity contribution in [2.45, 2.75) is 26.4 Å². The molecule has 9 heteroatoms. The van der Waals surface area contributed by atoms with Gasteiger partial charge >= 0.3 is 11.7 Å². The summed E-state index contributed by atoms with van der Waals surface area (Å²) < 4.78 is 1.17. The molecule has 0 saturated carbocycles. The Bertz CT molecular complexity index is 817. The van der Waals surface area contributed by atoms with Crippen LogP contribution in [-0.4, -0.2) is 26.4 Å². The summed E-state index contributed by atoms with van der Waals surface area (Å²) in [6.45, 7) is 4.22. The number of hydrogen-bond donors (Lipinski definition) is 2. The number of aromatic nitrogens is 2. The second-order valence-electron chi connectivity index (χ2n) is 4.64. The SMILES string of the molecule is Cc1c(Br)sc2[nH]c(=O)n(OC(C)(C)C(=O)O)c(=O)c12. The van der Waals surface area contributed by atoms with Gasteiger partial charge in [0.1, 0.15) is 4.83 Å². The normalized spacial score (nSPS) is 11.8. The number of carboxylic acid groups (broad SMARTS) is 1. The number of rotatable bonds is 3. The molecule has 2 heterocycles. The van der Waals surface area contributed by atoms with Gasteiger partial charge in [0, 0.05) is 0 Å². The highest BCUT2D eigenvalue weighted by Gasteiger charge is 2.32. The molecule has 0 radical (unpaired) electrons. The van der Waals surface area contributed by atoms with Gasteiger partial charge in [-0.25, -0.2) is 9.59 Å². The second-order valence-corrected chi connectivity index (χ2v) is 6.98. The van der Waals surface area contributed by atoms with Crippen LogP contribution in [0.15, 0.2) is 13.4 Å². The van der Waals surface area contributed by atoms with E-state index >= 15 is 0 Å². The number of hydrogen-bond acceptors (Lipinski definition) is 5. The fourth-order valence-corrected chi connectivity index (χ4v) is 3.12. The summed E-state index contributed by atoms with van der Waals surface area (Å²) in [5, 5.41) is 9.29. The molecule has 0 fully saturated rings. The Morgan fingerprint density at radius 2 is 2.05 bits per heavy atom. The zero-order valence-electron chi connectivity index (χ0n) is 10.8. The molecule has 0 aliphatic heterocycles. The Labute approximate surface area is 124 Å². The molecule has 0 atom stereocenters. The number of aromatic amines is 1. The predicted molar refractivity (Wildman–Crippen MR) is 77.4 cm³/mol. The Morgan fingerprint density at radius 1 is 1.45 bits per heavy atom. The molecule has 0 spiro atoms. The van der Waals surface area contributed by atoms with E-state index in [9.17, 15) is 14.4 Å². The van der Waals surface area contributed by atoms with Crippen LogP contribution in [0.1, 0.15) is 19.4 Å². The second kappa shape index (κ2) is 4.74. The lowest BCUT2D eigenvalue weighted by atomic mass is 10.1. The van der Waals surface area contributed by atoms with Crippen molar-refractivity contribution in [2.24, 2.45) is 0 Å². The van der Waals surface area contributed by atoms with Crippen LogP contribution < -0.4 is 16.1 Å². The number of aliphatic carboxylic acids is 1. The van der Waals surface area contributed by atoms with Gasteiger partial charge in [-0.05, 0) is 42.3 Å². The monoisotopic (exact) mass is 362 g/mol. The van der Waals surface area contributed by atoms with E-state index in [1.165, 1.54) is 25.2 Å². The summed E-state index contributed by atoms with van der Waals surface area (Å²) >= 11 is 4.51. The third-order valence-corrected chi connectivity index (χ3v) is 4.80. The van der Waals surface area contributed by atoms with Gasteiger partial charge in [0.15, 0.2) is 0 Å². The highest BCUT2D eigenvalue weighted by molar-refractivity contribution is 9.11. The lowest BCUT2D eigenvalue weighted by molar-refractivity contribution is -0.162. The predicted octanol–water partition coefficient (Wildman–Crippen LogP) is 1.11. The quantitative estimate of drug-likeness (QED) is 0.851. The molecule has 0 aliphatic carbocycles. The van der Waals surface area contributed by atoms with Crippen LogP contribution >= 0.6 is 27.3 Å². The number of H-pyrrole nitrogens is 1. The van der Waals surface area contributed by atoms with Crippen LogP contribution in [0.5, 0.6) is 0 Å². The Hall–Kier alpha value is -1.61. The number of nitrogens with one attached hydrogen (secondary N) is 1. The smallest absolute Gasteiger partial charge is 0.363 e. The fourth-order valence-electron chi connectivity index (χ4n) is 1.52. The van der Waals surface area contributed by atoms with Crippen molar-refractivity contribution in [3.63, 3.8) is 0 Å². The van der Waals surface area contributed by atoms with Gasteiger partial charge < -0.3 is 9.94 Å². The number of halogens is 1. The number of fused-ring (bicyclic) bond motifs is 1. The largest absolute Gasteiger partial charge is 0.478 e. The zero-order chi connectivity index (χ0) is 15.2. The third-order valence-electron chi connectivity index (χ3n) is 2.73. The van der Waals surface area contributed by atoms with Gasteiger partial charge in [0.05, 0.1) is 9.17 Å². The highest BCUT2D eigenvalue weighted by atomic mass is 79.9. The van der Waals surface area contributed by atoms with Crippen LogP contribution in [-0.2, 0) is 4.79 Å². The number of carboxylic acids is 1. The molecular formula is C11H11BrN2O5S. The summed E-state index contributed by atoms with van der Waals surface area (Å²) in [4.78, 5) is 43.1. The molecule has 0 amide bonds. The topological polar surface area (TPSA) is 101 Å². The summed E-state index contributed by atoms with van der Waals surface area (Å²) in [7, 11) is 0. The van der Waals surface area contributed by atoms with Gasteiger partial charge in [-0.15, -0.1) is 11.3 Å². The third kappa shape index (κ3) is 2.27. The van der Waals surface area contributed by atoms with E-state index in [2.05, 4.69) is 20.9 Å². The molecule has 0 bridgehead atoms. The summed E-state index contributed by atoms with van der Waals surface area (Å²) in [6, 6.07) is 0. The van der Waals surface area contributed by atoms with Gasteiger partial charge in [0.2, 0.25) is 5.60 Å². The number of thiophene rings is 1. The van der Waals surface area contributed by atoms with Gasteiger partial charge in [-0.3, -0.25) is 9.78 Å². The average Bonchev–Trinajstić information content (AvgIpc) is 2.60. The Kier molecular flexibility index (Phi) is 3.51. The standard InChI is InChI=1S/C11H11BrN2O5S/c1-4-5-7(20-6(4)12)13-10(18)14(8(5)15)19-11(2,3)9(16)17/h1-3H3,(H,13,18)(H,16,17). The molecule has 0 saturated heterocycles. The molecule has 20 heavy (non-hydrogen) atoms. The molecule has 0 unspecified atom stereocenters. The maximum Gasteiger partial charge on any atom is 0.363 e. The lowest BCUT2D eigenvalue weighted by Gasteiger charge is -2.20. The van der Waals surface area contributed by atoms with Crippen LogP contribution in [0.3, 0.4) is 0 Å². The van der Waals surface area contributed by atoms with E-state index in [0.717, 1.165) is 3.79 Å². The van der Waals surface area contributed by atoms with Crippen LogP contribution in [0.25, 0.3) is 10.2 Å². The molecule has 2 N–H and O–H groups in total. The molecule has 0 aliphatic rings. The first-order valence-corrected chi connectivity index (χ1v) is 7.13. The molecule has 0 aromatic carbocycles. The molecule has 2 aromatic heterocycles. The molecule has 2 aromatic rings. The summed E-state index contributed by atoms with van der Waals surface area (Å²) in [5.41, 5.74) is -2.54. The first-order valence-electron chi connectivity index (χ1n) is 5.52. The van der Waals surface area contributed by atoms with Crippen LogP contribution in [0.2, 0.25) is 0 Å². The maximum absolute atomic E-state index is 12.3. The number of aryl methyl sites for hydroxylation is 1. The molecular weight excluding hydrogens is 352 g/mol. The lowest BCUT2D eigenvalue weighted by Crippen LogP contribution is -2.51. The van der Waals surface area contributed by atoms with Crippen LogP contribution in [0, 0.1) is 6.92 Å². The van der Waals surface area contributed by atoms with E-state index < -0.39 is 22.8 Å². The summed E-state index contributed by atoms with van der Waals surface area (Å²) in [5.74, 6) is -1.29. The van der Waals surface area contributed by atoms with Gasteiger partial charge in [-0.2, -0.15) is 0 Å². The molecule has 2 rings (SSSR count). The van der Waals surface area contributed by atoms with Crippen molar-refractivity contribution in [3.8, 4) is 0 Å². The molecule has 108 valence electrons. The Morgan fingerprint density at radius 3 is 2.60 bits per heavy atom. The van der Waals surface area contributed by atoms with Gasteiger partial charge in [-0.1, -0.05) is 4.73 Å². The van der Waals surface area contributed by atoms with Crippen LogP contribution in [0.4, 0.5) is 0 Å². The average molecular weight is 363 g/mol. The van der Waals surface area contributed by atoms with Crippen molar-refractivity contribution >= 4 is 43.5 Å². The highest BCUT2D eigenvalue weighted by Crippen LogP contribution is 2.30. The van der Waals surface area contributed by atoms with E-state index in [1.54, 1.807) is 6.92 Å². The van der Waals surface area contributed by atoms with Crippen molar-refractivity contribution in [2.75, 3.05) is 0 Å². The maximum atomic E-state index is 12.3. The van der Waals surface area contributed by atoms with E-state index in [4.69, 9.17) is 9.94 Å². The van der Waals surface area contributed by atoms with Crippen molar-refractivity contribution in [1.29, 1.82) is 0 Å². The first-order chi connectivity index (χ1) is 9.15. The summed E-state index contributed by atoms with van der Waals surface area (Å²) in [6.07, 6.45) is 0. The minimum atomic E-state index is -1.70. The van der Waals surface area contributed by atoms with Crippen molar-refractivity contribution in [1.82, 2.24) is 9.71 Å². The van der Waals surface area contributed by atoms with E-state index in [0.29, 0.717) is 20.5 Å². The van der Waals surface area contributed by atoms with E-state index in [1.807, 2.05) is 0 Å². The Balaban J connectivity index is 2.72. The number of carbonyl (C=O) groups is 1. The van der Waals surface area contributed by atoms with Crippen molar-refractivity contribution < 1.29 is 14.7 Å². The van der Waals surface area contributed by atoms with Crippen molar-refractivity contribution in [3.05, 3.63) is 30.2 Å². The minimum Gasteiger partial charge on any atom is -0.478 e. The first kappa shape index (κ1) is 14.8. The fraction of sp³-hybridized carbons (Fsp3) is 0.364. The van der Waals surface area contributed by atoms with E-state index in [-0.39, 0.29) is 0 Å². The zero-order valence-corrected chi connectivity index (χ0v) is 13.2. The van der Waals surface area contributed by atoms with Gasteiger partial charge in [0.25, 0.3) is 5.56 Å². The molecule has 7 nitrogen and oxygen atoms in total. The minimum absolute atomic E-state index is 0.294.